The van der Waals surface area contributed by atoms with E-state index in [1.165, 1.54) is 6.21 Å². The van der Waals surface area contributed by atoms with Crippen molar-refractivity contribution >= 4 is 39.7 Å². The van der Waals surface area contributed by atoms with E-state index in [-0.39, 0.29) is 12.3 Å². The largest absolute Gasteiger partial charge is 0.493 e. The highest BCUT2D eigenvalue weighted by Crippen LogP contribution is 2.35. The van der Waals surface area contributed by atoms with Gasteiger partial charge < -0.3 is 9.47 Å². The molecule has 5 nitrogen and oxygen atoms in total. The highest BCUT2D eigenvalue weighted by Gasteiger charge is 2.09. The number of carbonyl (C=O) groups excluding carboxylic acids is 1. The molecule has 2 aromatic rings. The van der Waals surface area contributed by atoms with Crippen molar-refractivity contribution in [3.05, 3.63) is 57.0 Å². The van der Waals surface area contributed by atoms with E-state index in [1.54, 1.807) is 44.6 Å². The van der Waals surface area contributed by atoms with Crippen molar-refractivity contribution in [3.63, 3.8) is 0 Å². The number of amides is 1. The summed E-state index contributed by atoms with van der Waals surface area (Å²) < 4.78 is 11.2. The number of rotatable bonds is 6. The van der Waals surface area contributed by atoms with Crippen LogP contribution in [0.2, 0.25) is 5.02 Å². The molecular formula is C17H16BrClN2O3. The lowest BCUT2D eigenvalue weighted by Gasteiger charge is -2.10. The van der Waals surface area contributed by atoms with Gasteiger partial charge in [-0.25, -0.2) is 5.43 Å². The van der Waals surface area contributed by atoms with Gasteiger partial charge in [0.25, 0.3) is 0 Å². The first-order valence-corrected chi connectivity index (χ1v) is 8.18. The zero-order valence-electron chi connectivity index (χ0n) is 13.2. The number of hydrazone groups is 1. The van der Waals surface area contributed by atoms with Crippen molar-refractivity contribution in [2.45, 2.75) is 6.42 Å². The fourth-order valence-corrected chi connectivity index (χ4v) is 2.77. The summed E-state index contributed by atoms with van der Waals surface area (Å²) in [5, 5.41) is 4.59. The number of ether oxygens (including phenoxy) is 2. The van der Waals surface area contributed by atoms with Crippen LogP contribution >= 0.6 is 27.5 Å². The molecule has 0 aromatic heterocycles. The number of benzene rings is 2. The number of halogens is 2. The topological polar surface area (TPSA) is 59.9 Å². The molecule has 0 radical (unpaired) electrons. The quantitative estimate of drug-likeness (QED) is 0.581. The van der Waals surface area contributed by atoms with Crippen LogP contribution in [0.4, 0.5) is 0 Å². The Balaban J connectivity index is 1.99. The maximum absolute atomic E-state index is 11.9. The summed E-state index contributed by atoms with van der Waals surface area (Å²) in [6.07, 6.45) is 1.76. The van der Waals surface area contributed by atoms with E-state index in [0.29, 0.717) is 16.5 Å². The summed E-state index contributed by atoms with van der Waals surface area (Å²) in [5.74, 6) is 0.954. The first-order chi connectivity index (χ1) is 11.5. The van der Waals surface area contributed by atoms with Gasteiger partial charge in [-0.3, -0.25) is 4.79 Å². The van der Waals surface area contributed by atoms with Gasteiger partial charge >= 0.3 is 0 Å². The fraction of sp³-hybridized carbons (Fsp3) is 0.176. The van der Waals surface area contributed by atoms with Crippen LogP contribution in [0.25, 0.3) is 0 Å². The Labute approximate surface area is 153 Å². The molecule has 0 aliphatic heterocycles. The zero-order chi connectivity index (χ0) is 17.5. The Kier molecular flexibility index (Phi) is 6.63. The van der Waals surface area contributed by atoms with Crippen molar-refractivity contribution < 1.29 is 14.3 Å². The minimum atomic E-state index is -0.215. The number of carbonyl (C=O) groups is 1. The minimum Gasteiger partial charge on any atom is -0.493 e. The highest BCUT2D eigenvalue weighted by molar-refractivity contribution is 9.10. The minimum absolute atomic E-state index is 0.215. The maximum atomic E-state index is 11.9. The standard InChI is InChI=1S/C17H16BrClN2O3/c1-23-15-8-12(7-14(18)17(15)24-2)10-20-21-16(22)9-11-3-5-13(19)6-4-11/h3-8,10H,9H2,1-2H3,(H,21,22)/b20-10-. The molecule has 1 amide bonds. The van der Waals surface area contributed by atoms with Gasteiger partial charge in [0.2, 0.25) is 5.91 Å². The molecule has 24 heavy (non-hydrogen) atoms. The number of methoxy groups -OCH3 is 2. The lowest BCUT2D eigenvalue weighted by Crippen LogP contribution is -2.19. The predicted octanol–water partition coefficient (Wildman–Crippen LogP) is 3.81. The molecule has 0 aliphatic rings. The van der Waals surface area contributed by atoms with Crippen LogP contribution in [0.15, 0.2) is 46.0 Å². The van der Waals surface area contributed by atoms with Crippen LogP contribution in [0.3, 0.4) is 0 Å². The highest BCUT2D eigenvalue weighted by atomic mass is 79.9. The SMILES string of the molecule is COc1cc(/C=N\NC(=O)Cc2ccc(Cl)cc2)cc(Br)c1OC. The third-order valence-corrected chi connectivity index (χ3v) is 3.98. The summed E-state index contributed by atoms with van der Waals surface area (Å²) in [5.41, 5.74) is 4.11. The third-order valence-electron chi connectivity index (χ3n) is 3.14. The Morgan fingerprint density at radius 3 is 2.58 bits per heavy atom. The summed E-state index contributed by atoms with van der Waals surface area (Å²) in [6, 6.07) is 10.7. The van der Waals surface area contributed by atoms with E-state index in [4.69, 9.17) is 21.1 Å². The number of hydrogen-bond donors (Lipinski definition) is 1. The molecule has 0 unspecified atom stereocenters. The van der Waals surface area contributed by atoms with Crippen molar-refractivity contribution in [1.82, 2.24) is 5.43 Å². The molecule has 0 saturated carbocycles. The second-order valence-corrected chi connectivity index (χ2v) is 6.13. The summed E-state index contributed by atoms with van der Waals surface area (Å²) in [4.78, 5) is 11.9. The van der Waals surface area contributed by atoms with Crippen LogP contribution in [-0.4, -0.2) is 26.3 Å². The number of nitrogens with zero attached hydrogens (tertiary/aromatic N) is 1. The molecule has 0 fully saturated rings. The van der Waals surface area contributed by atoms with E-state index in [9.17, 15) is 4.79 Å². The van der Waals surface area contributed by atoms with Gasteiger partial charge in [0.15, 0.2) is 11.5 Å². The lowest BCUT2D eigenvalue weighted by atomic mass is 10.1. The van der Waals surface area contributed by atoms with Crippen LogP contribution in [0.5, 0.6) is 11.5 Å². The molecule has 0 atom stereocenters. The molecule has 0 spiro atoms. The average molecular weight is 412 g/mol. The number of hydrogen-bond acceptors (Lipinski definition) is 4. The summed E-state index contributed by atoms with van der Waals surface area (Å²) in [7, 11) is 3.12. The second-order valence-electron chi connectivity index (χ2n) is 4.83. The Morgan fingerprint density at radius 2 is 1.96 bits per heavy atom. The monoisotopic (exact) mass is 410 g/mol. The normalized spacial score (nSPS) is 10.7. The van der Waals surface area contributed by atoms with Gasteiger partial charge in [0.05, 0.1) is 31.3 Å². The second kappa shape index (κ2) is 8.70. The van der Waals surface area contributed by atoms with Crippen LogP contribution in [-0.2, 0) is 11.2 Å². The van der Waals surface area contributed by atoms with Crippen molar-refractivity contribution in [1.29, 1.82) is 0 Å². The Hall–Kier alpha value is -2.05. The molecule has 126 valence electrons. The molecular weight excluding hydrogens is 396 g/mol. The van der Waals surface area contributed by atoms with Gasteiger partial charge in [-0.15, -0.1) is 0 Å². The van der Waals surface area contributed by atoms with Crippen LogP contribution in [0, 0.1) is 0 Å². The van der Waals surface area contributed by atoms with E-state index in [1.807, 2.05) is 6.07 Å². The maximum Gasteiger partial charge on any atom is 0.244 e. The van der Waals surface area contributed by atoms with Gasteiger partial charge in [0.1, 0.15) is 0 Å². The first-order valence-electron chi connectivity index (χ1n) is 7.01. The van der Waals surface area contributed by atoms with E-state index in [0.717, 1.165) is 15.6 Å². The average Bonchev–Trinajstić information content (AvgIpc) is 2.56. The zero-order valence-corrected chi connectivity index (χ0v) is 15.5. The smallest absolute Gasteiger partial charge is 0.244 e. The lowest BCUT2D eigenvalue weighted by molar-refractivity contribution is -0.120. The van der Waals surface area contributed by atoms with E-state index in [2.05, 4.69) is 26.5 Å². The van der Waals surface area contributed by atoms with E-state index >= 15 is 0 Å². The molecule has 2 rings (SSSR count). The van der Waals surface area contributed by atoms with Crippen molar-refractivity contribution in [2.24, 2.45) is 5.10 Å². The number of nitrogens with one attached hydrogen (secondary N) is 1. The Morgan fingerprint density at radius 1 is 1.25 bits per heavy atom. The van der Waals surface area contributed by atoms with Gasteiger partial charge in [-0.2, -0.15) is 5.10 Å². The van der Waals surface area contributed by atoms with Crippen LogP contribution < -0.4 is 14.9 Å². The molecule has 2 aromatic carbocycles. The van der Waals surface area contributed by atoms with Crippen molar-refractivity contribution in [2.75, 3.05) is 14.2 Å². The molecule has 7 heteroatoms. The molecule has 0 bridgehead atoms. The predicted molar refractivity (Wildman–Crippen MR) is 98.1 cm³/mol. The van der Waals surface area contributed by atoms with Gasteiger partial charge in [-0.1, -0.05) is 23.7 Å². The molecule has 1 N–H and O–H groups in total. The van der Waals surface area contributed by atoms with Gasteiger partial charge in [0, 0.05) is 5.02 Å². The van der Waals surface area contributed by atoms with Crippen LogP contribution in [0.1, 0.15) is 11.1 Å². The van der Waals surface area contributed by atoms with Gasteiger partial charge in [-0.05, 0) is 51.3 Å². The Bertz CT molecular complexity index is 748. The third kappa shape index (κ3) is 4.97. The van der Waals surface area contributed by atoms with Crippen molar-refractivity contribution in [3.8, 4) is 11.5 Å². The molecule has 0 aliphatic carbocycles. The van der Waals surface area contributed by atoms with E-state index < -0.39 is 0 Å². The molecule has 0 heterocycles. The fourth-order valence-electron chi connectivity index (χ4n) is 2.02. The summed E-state index contributed by atoms with van der Waals surface area (Å²) >= 11 is 9.22. The summed E-state index contributed by atoms with van der Waals surface area (Å²) in [6.45, 7) is 0. The first kappa shape index (κ1) is 18.3. The molecule has 0 saturated heterocycles.